The van der Waals surface area contributed by atoms with Gasteiger partial charge in [-0.3, -0.25) is 0 Å². The Morgan fingerprint density at radius 2 is 1.93 bits per heavy atom. The second-order valence-electron chi connectivity index (χ2n) is 4.66. The highest BCUT2D eigenvalue weighted by Crippen LogP contribution is 2.40. The van der Waals surface area contributed by atoms with Crippen molar-refractivity contribution in [3.8, 4) is 5.75 Å². The topological polar surface area (TPSA) is 35.2 Å². The maximum atomic E-state index is 5.78. The van der Waals surface area contributed by atoms with E-state index in [9.17, 15) is 0 Å². The molecule has 0 aliphatic heterocycles. The highest BCUT2D eigenvalue weighted by Gasteiger charge is 2.36. The van der Waals surface area contributed by atoms with Gasteiger partial charge in [-0.15, -0.1) is 0 Å². The molecule has 0 atom stereocenters. The quantitative estimate of drug-likeness (QED) is 0.819. The van der Waals surface area contributed by atoms with Crippen molar-refractivity contribution in [2.45, 2.75) is 26.2 Å². The zero-order valence-electron chi connectivity index (χ0n) is 9.33. The van der Waals surface area contributed by atoms with E-state index in [0.717, 1.165) is 18.9 Å². The summed E-state index contributed by atoms with van der Waals surface area (Å²) >= 11 is 0. The predicted molar refractivity (Wildman–Crippen MR) is 62.0 cm³/mol. The van der Waals surface area contributed by atoms with E-state index in [0.29, 0.717) is 0 Å². The van der Waals surface area contributed by atoms with E-state index in [4.69, 9.17) is 10.5 Å². The number of benzene rings is 1. The summed E-state index contributed by atoms with van der Waals surface area (Å²) in [6.45, 7) is 3.60. The van der Waals surface area contributed by atoms with Crippen LogP contribution >= 0.6 is 0 Å². The summed E-state index contributed by atoms with van der Waals surface area (Å²) in [5, 5.41) is 0. The van der Waals surface area contributed by atoms with Crippen molar-refractivity contribution in [3.63, 3.8) is 0 Å². The molecular formula is C13H19NO. The van der Waals surface area contributed by atoms with E-state index in [1.807, 2.05) is 12.1 Å². The average molecular weight is 205 g/mol. The first-order valence-electron chi connectivity index (χ1n) is 5.64. The number of rotatable bonds is 4. The van der Waals surface area contributed by atoms with Crippen LogP contribution in [0.4, 0.5) is 0 Å². The Morgan fingerprint density at radius 1 is 1.27 bits per heavy atom. The van der Waals surface area contributed by atoms with Gasteiger partial charge >= 0.3 is 0 Å². The zero-order chi connectivity index (χ0) is 10.7. The molecule has 2 heteroatoms. The summed E-state index contributed by atoms with van der Waals surface area (Å²) in [7, 11) is 0. The van der Waals surface area contributed by atoms with Gasteiger partial charge in [0.05, 0.1) is 6.61 Å². The summed E-state index contributed by atoms with van der Waals surface area (Å²) in [6.07, 6.45) is 3.74. The van der Waals surface area contributed by atoms with Crippen molar-refractivity contribution in [1.82, 2.24) is 0 Å². The van der Waals surface area contributed by atoms with Gasteiger partial charge in [-0.2, -0.15) is 0 Å². The Kier molecular flexibility index (Phi) is 2.96. The van der Waals surface area contributed by atoms with Crippen LogP contribution in [0, 0.1) is 12.3 Å². The summed E-state index contributed by atoms with van der Waals surface area (Å²) in [6, 6.07) is 8.20. The lowest BCUT2D eigenvalue weighted by Crippen LogP contribution is -2.42. The van der Waals surface area contributed by atoms with Crippen molar-refractivity contribution in [2.75, 3.05) is 13.2 Å². The third-order valence-corrected chi connectivity index (χ3v) is 3.41. The molecule has 0 heterocycles. The molecule has 0 radical (unpaired) electrons. The molecule has 1 aliphatic rings. The van der Waals surface area contributed by atoms with Gasteiger partial charge in [0, 0.05) is 12.0 Å². The van der Waals surface area contributed by atoms with Gasteiger partial charge in [-0.25, -0.2) is 0 Å². The number of nitrogens with two attached hydrogens (primary N) is 1. The molecule has 0 bridgehead atoms. The largest absolute Gasteiger partial charge is 0.493 e. The molecule has 2 rings (SSSR count). The molecule has 1 aromatic rings. The standard InChI is InChI=1S/C13H19NO/c1-11-3-5-12(6-4-11)15-10-13(9-14)7-2-8-13/h3-6H,2,7-10,14H2,1H3. The van der Waals surface area contributed by atoms with Crippen molar-refractivity contribution >= 4 is 0 Å². The number of hydrogen-bond donors (Lipinski definition) is 1. The molecule has 0 saturated heterocycles. The Balaban J connectivity index is 1.90. The van der Waals surface area contributed by atoms with E-state index in [2.05, 4.69) is 19.1 Å². The summed E-state index contributed by atoms with van der Waals surface area (Å²) < 4.78 is 5.78. The minimum Gasteiger partial charge on any atom is -0.493 e. The molecule has 15 heavy (non-hydrogen) atoms. The SMILES string of the molecule is Cc1ccc(OCC2(CN)CCC2)cc1. The van der Waals surface area contributed by atoms with Crippen LogP contribution in [0.3, 0.4) is 0 Å². The maximum Gasteiger partial charge on any atom is 0.119 e. The number of hydrogen-bond acceptors (Lipinski definition) is 2. The summed E-state index contributed by atoms with van der Waals surface area (Å²) in [5.41, 5.74) is 7.31. The van der Waals surface area contributed by atoms with Crippen LogP contribution in [0.25, 0.3) is 0 Å². The maximum absolute atomic E-state index is 5.78. The van der Waals surface area contributed by atoms with Crippen LogP contribution < -0.4 is 10.5 Å². The Labute approximate surface area is 91.4 Å². The first-order chi connectivity index (χ1) is 7.24. The van der Waals surface area contributed by atoms with Gasteiger partial charge in [0.1, 0.15) is 5.75 Å². The van der Waals surface area contributed by atoms with Gasteiger partial charge < -0.3 is 10.5 Å². The fourth-order valence-electron chi connectivity index (χ4n) is 1.96. The Bertz CT molecular complexity index is 308. The second-order valence-corrected chi connectivity index (χ2v) is 4.66. The molecule has 82 valence electrons. The van der Waals surface area contributed by atoms with E-state index in [1.54, 1.807) is 0 Å². The minimum absolute atomic E-state index is 0.269. The minimum atomic E-state index is 0.269. The molecule has 1 fully saturated rings. The van der Waals surface area contributed by atoms with Crippen molar-refractivity contribution in [1.29, 1.82) is 0 Å². The smallest absolute Gasteiger partial charge is 0.119 e. The molecule has 1 aromatic carbocycles. The molecule has 0 spiro atoms. The molecule has 0 aromatic heterocycles. The van der Waals surface area contributed by atoms with Crippen LogP contribution in [-0.4, -0.2) is 13.2 Å². The highest BCUT2D eigenvalue weighted by molar-refractivity contribution is 5.26. The number of aryl methyl sites for hydroxylation is 1. The molecule has 0 amide bonds. The first-order valence-corrected chi connectivity index (χ1v) is 5.64. The lowest BCUT2D eigenvalue weighted by Gasteiger charge is -2.40. The Morgan fingerprint density at radius 3 is 2.40 bits per heavy atom. The molecule has 2 N–H and O–H groups in total. The second kappa shape index (κ2) is 4.23. The number of ether oxygens (including phenoxy) is 1. The zero-order valence-corrected chi connectivity index (χ0v) is 9.33. The molecular weight excluding hydrogens is 186 g/mol. The fraction of sp³-hybridized carbons (Fsp3) is 0.538. The monoisotopic (exact) mass is 205 g/mol. The van der Waals surface area contributed by atoms with Gasteiger partial charge in [0.15, 0.2) is 0 Å². The first kappa shape index (κ1) is 10.5. The highest BCUT2D eigenvalue weighted by atomic mass is 16.5. The molecule has 1 aliphatic carbocycles. The lowest BCUT2D eigenvalue weighted by molar-refractivity contribution is 0.0668. The summed E-state index contributed by atoms with van der Waals surface area (Å²) in [4.78, 5) is 0. The van der Waals surface area contributed by atoms with E-state index < -0.39 is 0 Å². The van der Waals surface area contributed by atoms with Gasteiger partial charge in [0.2, 0.25) is 0 Å². The summed E-state index contributed by atoms with van der Waals surface area (Å²) in [5.74, 6) is 0.959. The van der Waals surface area contributed by atoms with Crippen LogP contribution in [0.2, 0.25) is 0 Å². The lowest BCUT2D eigenvalue weighted by atomic mass is 9.69. The Hall–Kier alpha value is -1.02. The average Bonchev–Trinajstić information content (AvgIpc) is 2.20. The van der Waals surface area contributed by atoms with Crippen LogP contribution in [0.1, 0.15) is 24.8 Å². The molecule has 1 saturated carbocycles. The predicted octanol–water partition coefficient (Wildman–Crippen LogP) is 2.50. The van der Waals surface area contributed by atoms with Gasteiger partial charge in [0.25, 0.3) is 0 Å². The van der Waals surface area contributed by atoms with Crippen molar-refractivity contribution in [3.05, 3.63) is 29.8 Å². The van der Waals surface area contributed by atoms with Crippen LogP contribution in [0.15, 0.2) is 24.3 Å². The van der Waals surface area contributed by atoms with E-state index in [1.165, 1.54) is 24.8 Å². The van der Waals surface area contributed by atoms with Crippen LogP contribution in [-0.2, 0) is 0 Å². The van der Waals surface area contributed by atoms with Crippen molar-refractivity contribution in [2.24, 2.45) is 11.1 Å². The van der Waals surface area contributed by atoms with Gasteiger partial charge in [-0.1, -0.05) is 24.1 Å². The van der Waals surface area contributed by atoms with Crippen LogP contribution in [0.5, 0.6) is 5.75 Å². The van der Waals surface area contributed by atoms with Crippen molar-refractivity contribution < 1.29 is 4.74 Å². The van der Waals surface area contributed by atoms with Gasteiger partial charge in [-0.05, 0) is 31.9 Å². The van der Waals surface area contributed by atoms with E-state index in [-0.39, 0.29) is 5.41 Å². The van der Waals surface area contributed by atoms with E-state index >= 15 is 0 Å². The fourth-order valence-corrected chi connectivity index (χ4v) is 1.96. The molecule has 0 unspecified atom stereocenters. The third kappa shape index (κ3) is 2.32. The third-order valence-electron chi connectivity index (χ3n) is 3.41. The normalized spacial score (nSPS) is 18.3. The molecule has 2 nitrogen and oxygen atoms in total.